The van der Waals surface area contributed by atoms with Crippen molar-refractivity contribution < 1.29 is 9.29 Å². The Kier molecular flexibility index (Phi) is 4.34. The molecule has 1 atom stereocenters. The first-order chi connectivity index (χ1) is 10.2. The lowest BCUT2D eigenvalue weighted by Crippen LogP contribution is -2.26. The molecule has 4 N–H and O–H groups in total. The molecule has 0 spiro atoms. The Labute approximate surface area is 132 Å². The minimum absolute atomic E-state index is 0.150. The number of nitrogens with zero attached hydrogens (tertiary/aromatic N) is 1. The number of nitrogens with two attached hydrogens (primary N) is 1. The van der Waals surface area contributed by atoms with Crippen molar-refractivity contribution in [1.29, 1.82) is 0 Å². The number of rotatable bonds is 4. The van der Waals surface area contributed by atoms with Gasteiger partial charge in [-0.15, -0.1) is 0 Å². The smallest absolute Gasteiger partial charge is 0.177 e. The molecule has 1 aromatic heterocycles. The average molecular weight is 323 g/mol. The molecule has 0 aliphatic carbocycles. The van der Waals surface area contributed by atoms with E-state index < -0.39 is 0 Å². The van der Waals surface area contributed by atoms with Gasteiger partial charge < -0.3 is 24.6 Å². The number of benzene rings is 1. The van der Waals surface area contributed by atoms with Gasteiger partial charge in [0.2, 0.25) is 0 Å². The third kappa shape index (κ3) is 2.87. The molecule has 0 saturated heterocycles. The van der Waals surface area contributed by atoms with Gasteiger partial charge in [-0.25, -0.2) is 0 Å². The number of nitrogens with one attached hydrogen (secondary N) is 1. The van der Waals surface area contributed by atoms with Gasteiger partial charge in [-0.2, -0.15) is 0 Å². The van der Waals surface area contributed by atoms with Crippen molar-refractivity contribution in [2.24, 2.45) is 5.73 Å². The van der Waals surface area contributed by atoms with Crippen molar-refractivity contribution in [3.63, 3.8) is 0 Å². The molecule has 0 radical (unpaired) electrons. The van der Waals surface area contributed by atoms with E-state index in [1.54, 1.807) is 0 Å². The van der Waals surface area contributed by atoms with Crippen molar-refractivity contribution in [2.75, 3.05) is 13.2 Å². The van der Waals surface area contributed by atoms with Crippen molar-refractivity contribution >= 4 is 24.3 Å². The largest absolute Gasteiger partial charge is 0.491 e. The van der Waals surface area contributed by atoms with Gasteiger partial charge in [0, 0.05) is 41.7 Å². The summed E-state index contributed by atoms with van der Waals surface area (Å²) in [7, 11) is 0. The molecule has 0 saturated carbocycles. The van der Waals surface area contributed by atoms with Crippen LogP contribution in [0.25, 0.3) is 0 Å². The Morgan fingerprint density at radius 1 is 1.52 bits per heavy atom. The van der Waals surface area contributed by atoms with Crippen LogP contribution in [0.1, 0.15) is 17.3 Å². The Bertz CT molecular complexity index is 696. The van der Waals surface area contributed by atoms with Crippen LogP contribution in [0, 0.1) is 4.77 Å². The van der Waals surface area contributed by atoms with Gasteiger partial charge in [0.1, 0.15) is 12.4 Å². The molecule has 5 nitrogen and oxygen atoms in total. The number of fused-ring (bicyclic) bond motifs is 1. The Balaban J connectivity index is 1.92. The van der Waals surface area contributed by atoms with Gasteiger partial charge in [-0.3, -0.25) is 0 Å². The normalized spacial score (nSPS) is 17.3. The third-order valence-electron chi connectivity index (χ3n) is 3.68. The minimum atomic E-state index is 0.150. The van der Waals surface area contributed by atoms with E-state index in [4.69, 9.17) is 22.7 Å². The van der Waals surface area contributed by atoms with Gasteiger partial charge >= 0.3 is 0 Å². The summed E-state index contributed by atoms with van der Waals surface area (Å²) in [5, 5.41) is 0. The summed E-state index contributed by atoms with van der Waals surface area (Å²) < 4.78 is 17.8. The van der Waals surface area contributed by atoms with Crippen LogP contribution in [0.5, 0.6) is 5.75 Å². The SMILES string of the molecule is NCCc1c[nH]c(=S)n1C1COc2ccc(SO)cc2C1. The van der Waals surface area contributed by atoms with Crippen molar-refractivity contribution in [1.82, 2.24) is 9.55 Å². The van der Waals surface area contributed by atoms with Gasteiger partial charge in [0.15, 0.2) is 4.77 Å². The molecule has 3 rings (SSSR count). The predicted molar refractivity (Wildman–Crippen MR) is 85.5 cm³/mol. The van der Waals surface area contributed by atoms with Crippen LogP contribution in [0.4, 0.5) is 0 Å². The van der Waals surface area contributed by atoms with E-state index in [0.717, 1.165) is 46.8 Å². The highest BCUT2D eigenvalue weighted by atomic mass is 32.2. The molecule has 2 aromatic rings. The van der Waals surface area contributed by atoms with E-state index in [-0.39, 0.29) is 6.04 Å². The van der Waals surface area contributed by atoms with Crippen molar-refractivity contribution in [3.05, 3.63) is 40.4 Å². The highest BCUT2D eigenvalue weighted by molar-refractivity contribution is 7.93. The molecule has 1 aromatic carbocycles. The van der Waals surface area contributed by atoms with Gasteiger partial charge in [-0.05, 0) is 42.5 Å². The third-order valence-corrected chi connectivity index (χ3v) is 4.46. The Hall–Kier alpha value is -1.28. The zero-order valence-electron chi connectivity index (χ0n) is 11.4. The molecule has 1 aliphatic rings. The molecule has 1 unspecified atom stereocenters. The summed E-state index contributed by atoms with van der Waals surface area (Å²) >= 11 is 6.13. The zero-order chi connectivity index (χ0) is 14.8. The summed E-state index contributed by atoms with van der Waals surface area (Å²) in [4.78, 5) is 3.91. The molecule has 7 heteroatoms. The maximum Gasteiger partial charge on any atom is 0.177 e. The highest BCUT2D eigenvalue weighted by Gasteiger charge is 2.23. The number of imidazole rings is 1. The van der Waals surface area contributed by atoms with Crippen LogP contribution in [0.2, 0.25) is 0 Å². The highest BCUT2D eigenvalue weighted by Crippen LogP contribution is 2.33. The van der Waals surface area contributed by atoms with E-state index in [1.165, 1.54) is 0 Å². The summed E-state index contributed by atoms with van der Waals surface area (Å²) in [5.41, 5.74) is 7.85. The quantitative estimate of drug-likeness (QED) is 0.596. The summed E-state index contributed by atoms with van der Waals surface area (Å²) in [5.74, 6) is 0.881. The van der Waals surface area contributed by atoms with E-state index in [1.807, 2.05) is 24.4 Å². The predicted octanol–water partition coefficient (Wildman–Crippen LogP) is 2.79. The first-order valence-corrected chi connectivity index (χ1v) is 7.97. The van der Waals surface area contributed by atoms with Crippen molar-refractivity contribution in [2.45, 2.75) is 23.8 Å². The molecule has 2 heterocycles. The van der Waals surface area contributed by atoms with E-state index in [9.17, 15) is 4.55 Å². The monoisotopic (exact) mass is 323 g/mol. The standard InChI is InChI=1S/C14H17N3O2S2/c15-4-3-10-7-16-14(20)17(10)11-5-9-6-12(21-18)1-2-13(9)19-8-11/h1-2,6-7,11,18H,3-5,8,15H2,(H,16,20). The Morgan fingerprint density at radius 3 is 3.14 bits per heavy atom. The second-order valence-corrected chi connectivity index (χ2v) is 6.06. The van der Waals surface area contributed by atoms with Gasteiger partial charge in [0.05, 0.1) is 6.04 Å². The van der Waals surface area contributed by atoms with Crippen LogP contribution in [0.15, 0.2) is 29.3 Å². The number of aromatic nitrogens is 2. The number of hydrogen-bond donors (Lipinski definition) is 3. The lowest BCUT2D eigenvalue weighted by molar-refractivity contribution is 0.220. The van der Waals surface area contributed by atoms with Crippen LogP contribution >= 0.6 is 24.3 Å². The molecule has 1 aliphatic heterocycles. The van der Waals surface area contributed by atoms with Crippen LogP contribution in [-0.4, -0.2) is 27.3 Å². The molecule has 21 heavy (non-hydrogen) atoms. The van der Waals surface area contributed by atoms with Crippen molar-refractivity contribution in [3.8, 4) is 5.75 Å². The lowest BCUT2D eigenvalue weighted by atomic mass is 10.0. The molecule has 112 valence electrons. The molecular weight excluding hydrogens is 306 g/mol. The average Bonchev–Trinajstić information content (AvgIpc) is 2.87. The number of ether oxygens (including phenoxy) is 1. The fourth-order valence-electron chi connectivity index (χ4n) is 2.73. The number of aromatic amines is 1. The molecule has 0 bridgehead atoms. The first kappa shape index (κ1) is 14.6. The van der Waals surface area contributed by atoms with Gasteiger partial charge in [0.25, 0.3) is 0 Å². The second kappa shape index (κ2) is 6.23. The second-order valence-electron chi connectivity index (χ2n) is 5.02. The van der Waals surface area contributed by atoms with Gasteiger partial charge in [-0.1, -0.05) is 0 Å². The molecular formula is C14H17N3O2S2. The fourth-order valence-corrected chi connectivity index (χ4v) is 3.38. The van der Waals surface area contributed by atoms with E-state index in [2.05, 4.69) is 9.55 Å². The van der Waals surface area contributed by atoms with Crippen LogP contribution < -0.4 is 10.5 Å². The topological polar surface area (TPSA) is 76.2 Å². The minimum Gasteiger partial charge on any atom is -0.491 e. The summed E-state index contributed by atoms with van der Waals surface area (Å²) in [6.07, 6.45) is 3.53. The van der Waals surface area contributed by atoms with Crippen LogP contribution in [-0.2, 0) is 12.8 Å². The van der Waals surface area contributed by atoms with Crippen LogP contribution in [0.3, 0.4) is 0 Å². The number of H-pyrrole nitrogens is 1. The number of hydrogen-bond acceptors (Lipinski definition) is 5. The molecule has 0 fully saturated rings. The molecule has 0 amide bonds. The summed E-state index contributed by atoms with van der Waals surface area (Å²) in [6, 6.07) is 5.87. The Morgan fingerprint density at radius 2 is 2.38 bits per heavy atom. The van der Waals surface area contributed by atoms with E-state index in [0.29, 0.717) is 17.9 Å². The zero-order valence-corrected chi connectivity index (χ0v) is 13.0. The van der Waals surface area contributed by atoms with E-state index >= 15 is 0 Å². The maximum atomic E-state index is 9.18. The lowest BCUT2D eigenvalue weighted by Gasteiger charge is -2.28. The summed E-state index contributed by atoms with van der Waals surface area (Å²) in [6.45, 7) is 1.17. The first-order valence-electron chi connectivity index (χ1n) is 6.79. The fraction of sp³-hybridized carbons (Fsp3) is 0.357. The maximum absolute atomic E-state index is 9.18.